The fourth-order valence-corrected chi connectivity index (χ4v) is 1.83. The largest absolute Gasteiger partial charge is 0.481 e. The second-order valence-electron chi connectivity index (χ2n) is 5.97. The fraction of sp³-hybridized carbons (Fsp3) is 0.412. The number of rotatable bonds is 6. The van der Waals surface area contributed by atoms with Crippen LogP contribution in [0.15, 0.2) is 42.5 Å². The second kappa shape index (κ2) is 8.22. The van der Waals surface area contributed by atoms with E-state index in [0.717, 1.165) is 5.56 Å². The summed E-state index contributed by atoms with van der Waals surface area (Å²) in [6, 6.07) is 9.34. The van der Waals surface area contributed by atoms with Gasteiger partial charge in [0.2, 0.25) is 0 Å². The van der Waals surface area contributed by atoms with Gasteiger partial charge in [0, 0.05) is 0 Å². The number of carbonyl (C=O) groups excluding carboxylic acids is 1. The maximum Gasteiger partial charge on any atom is 0.408 e. The predicted molar refractivity (Wildman–Crippen MR) is 84.7 cm³/mol. The Morgan fingerprint density at radius 3 is 2.45 bits per heavy atom. The van der Waals surface area contributed by atoms with Crippen LogP contribution < -0.4 is 5.32 Å². The zero-order valence-electron chi connectivity index (χ0n) is 13.2. The molecule has 0 unspecified atom stereocenters. The zero-order chi connectivity index (χ0) is 16.6. The number of hydrogen-bond donors (Lipinski definition) is 2. The molecule has 2 N–H and O–H groups in total. The molecule has 1 aromatic rings. The molecule has 1 rings (SSSR count). The minimum Gasteiger partial charge on any atom is -0.481 e. The predicted octanol–water partition coefficient (Wildman–Crippen LogP) is 3.15. The normalized spacial score (nSPS) is 12.9. The Balaban J connectivity index is 2.71. The van der Waals surface area contributed by atoms with Gasteiger partial charge >= 0.3 is 12.1 Å². The highest BCUT2D eigenvalue weighted by molar-refractivity contribution is 5.69. The van der Waals surface area contributed by atoms with Crippen LogP contribution in [0.4, 0.5) is 4.79 Å². The van der Waals surface area contributed by atoms with Crippen molar-refractivity contribution in [2.45, 2.75) is 45.3 Å². The van der Waals surface area contributed by atoms with E-state index in [1.165, 1.54) is 6.08 Å². The molecule has 22 heavy (non-hydrogen) atoms. The number of amides is 1. The number of nitrogens with one attached hydrogen (secondary N) is 1. The van der Waals surface area contributed by atoms with Gasteiger partial charge < -0.3 is 15.2 Å². The Hall–Kier alpha value is -2.30. The van der Waals surface area contributed by atoms with E-state index in [2.05, 4.69) is 5.32 Å². The van der Waals surface area contributed by atoms with Gasteiger partial charge in [-0.3, -0.25) is 4.79 Å². The summed E-state index contributed by atoms with van der Waals surface area (Å²) in [4.78, 5) is 22.5. The lowest BCUT2D eigenvalue weighted by Crippen LogP contribution is -2.39. The Bertz CT molecular complexity index is 517. The first-order chi connectivity index (χ1) is 10.3. The van der Waals surface area contributed by atoms with Crippen LogP contribution in [0.3, 0.4) is 0 Å². The summed E-state index contributed by atoms with van der Waals surface area (Å²) in [6.07, 6.45) is 3.18. The molecule has 0 saturated carbocycles. The minimum atomic E-state index is -0.910. The van der Waals surface area contributed by atoms with Crippen molar-refractivity contribution in [1.29, 1.82) is 0 Å². The van der Waals surface area contributed by atoms with E-state index in [1.807, 2.05) is 30.3 Å². The average molecular weight is 305 g/mol. The van der Waals surface area contributed by atoms with Crippen molar-refractivity contribution in [3.63, 3.8) is 0 Å². The first-order valence-electron chi connectivity index (χ1n) is 7.18. The summed E-state index contributed by atoms with van der Waals surface area (Å²) in [5.74, 6) is -0.910. The molecular formula is C17H23NO4. The van der Waals surface area contributed by atoms with E-state index in [9.17, 15) is 9.59 Å². The lowest BCUT2D eigenvalue weighted by atomic mass is 10.1. The molecule has 1 aromatic carbocycles. The van der Waals surface area contributed by atoms with Crippen molar-refractivity contribution in [1.82, 2.24) is 5.32 Å². The van der Waals surface area contributed by atoms with E-state index in [1.54, 1.807) is 26.8 Å². The summed E-state index contributed by atoms with van der Waals surface area (Å²) >= 11 is 0. The number of hydrogen-bond acceptors (Lipinski definition) is 3. The number of ether oxygens (including phenoxy) is 1. The summed E-state index contributed by atoms with van der Waals surface area (Å²) in [5, 5.41) is 11.4. The van der Waals surface area contributed by atoms with Crippen molar-refractivity contribution in [2.24, 2.45) is 0 Å². The molecule has 0 heterocycles. The Kier molecular flexibility index (Phi) is 6.63. The fourth-order valence-electron chi connectivity index (χ4n) is 1.83. The van der Waals surface area contributed by atoms with E-state index >= 15 is 0 Å². The zero-order valence-corrected chi connectivity index (χ0v) is 13.2. The number of carboxylic acids is 1. The van der Waals surface area contributed by atoms with Crippen LogP contribution in [0.2, 0.25) is 0 Å². The van der Waals surface area contributed by atoms with Gasteiger partial charge in [0.15, 0.2) is 0 Å². The molecule has 0 saturated heterocycles. The molecule has 5 heteroatoms. The lowest BCUT2D eigenvalue weighted by molar-refractivity contribution is -0.136. The van der Waals surface area contributed by atoms with Gasteiger partial charge in [-0.1, -0.05) is 42.5 Å². The first-order valence-corrected chi connectivity index (χ1v) is 7.18. The highest BCUT2D eigenvalue weighted by Gasteiger charge is 2.18. The topological polar surface area (TPSA) is 75.6 Å². The third-order valence-electron chi connectivity index (χ3n) is 2.66. The van der Waals surface area contributed by atoms with Gasteiger partial charge in [-0.05, 0) is 32.8 Å². The van der Waals surface area contributed by atoms with Crippen molar-refractivity contribution in [3.05, 3.63) is 48.0 Å². The number of aliphatic carboxylic acids is 1. The Labute approximate surface area is 131 Å². The smallest absolute Gasteiger partial charge is 0.408 e. The van der Waals surface area contributed by atoms with Gasteiger partial charge in [-0.25, -0.2) is 4.79 Å². The van der Waals surface area contributed by atoms with Gasteiger partial charge in [-0.15, -0.1) is 0 Å². The maximum absolute atomic E-state index is 11.9. The molecular weight excluding hydrogens is 282 g/mol. The average Bonchev–Trinajstić information content (AvgIpc) is 2.36. The van der Waals surface area contributed by atoms with Gasteiger partial charge in [-0.2, -0.15) is 0 Å². The van der Waals surface area contributed by atoms with E-state index in [-0.39, 0.29) is 12.5 Å². The Morgan fingerprint density at radius 1 is 1.27 bits per heavy atom. The minimum absolute atomic E-state index is 0.0821. The van der Waals surface area contributed by atoms with Crippen LogP contribution in [-0.2, 0) is 16.0 Å². The van der Waals surface area contributed by atoms with Crippen LogP contribution in [-0.4, -0.2) is 28.8 Å². The second-order valence-corrected chi connectivity index (χ2v) is 5.97. The van der Waals surface area contributed by atoms with Crippen molar-refractivity contribution >= 4 is 12.1 Å². The number of carboxylic acid groups (broad SMARTS) is 1. The molecule has 1 amide bonds. The maximum atomic E-state index is 11.9. The number of carbonyl (C=O) groups is 2. The highest BCUT2D eigenvalue weighted by atomic mass is 16.6. The van der Waals surface area contributed by atoms with Crippen LogP contribution in [0.25, 0.3) is 0 Å². The molecule has 0 radical (unpaired) electrons. The molecule has 0 bridgehead atoms. The van der Waals surface area contributed by atoms with E-state index in [0.29, 0.717) is 6.42 Å². The van der Waals surface area contributed by atoms with Crippen LogP contribution in [0, 0.1) is 0 Å². The molecule has 5 nitrogen and oxygen atoms in total. The quantitative estimate of drug-likeness (QED) is 0.792. The molecule has 0 aliphatic heterocycles. The standard InChI is InChI=1S/C17H23NO4/c1-17(2,3)22-16(21)18-14(10-7-11-15(19)20)12-13-8-5-4-6-9-13/h4-10,14H,11-12H2,1-3H3,(H,18,21)(H,19,20)/b10-7+/t14-/m1/s1. The number of alkyl carbamates (subject to hydrolysis) is 1. The molecule has 0 fully saturated rings. The van der Waals surface area contributed by atoms with Crippen molar-refractivity contribution in [3.8, 4) is 0 Å². The third kappa shape index (κ3) is 8.09. The van der Waals surface area contributed by atoms with Crippen LogP contribution in [0.1, 0.15) is 32.8 Å². The van der Waals surface area contributed by atoms with Crippen molar-refractivity contribution < 1.29 is 19.4 Å². The Morgan fingerprint density at radius 2 is 1.91 bits per heavy atom. The molecule has 1 atom stereocenters. The third-order valence-corrected chi connectivity index (χ3v) is 2.66. The molecule has 0 aliphatic rings. The SMILES string of the molecule is CC(C)(C)OC(=O)N[C@H](/C=C/CC(=O)O)Cc1ccccc1. The van der Waals surface area contributed by atoms with Crippen LogP contribution >= 0.6 is 0 Å². The molecule has 120 valence electrons. The van der Waals surface area contributed by atoms with Crippen molar-refractivity contribution in [2.75, 3.05) is 0 Å². The highest BCUT2D eigenvalue weighted by Crippen LogP contribution is 2.09. The van der Waals surface area contributed by atoms with E-state index < -0.39 is 17.7 Å². The van der Waals surface area contributed by atoms with Gasteiger partial charge in [0.05, 0.1) is 12.5 Å². The van der Waals surface area contributed by atoms with Crippen LogP contribution in [0.5, 0.6) is 0 Å². The number of benzene rings is 1. The monoisotopic (exact) mass is 305 g/mol. The summed E-state index contributed by atoms with van der Waals surface area (Å²) in [6.45, 7) is 5.37. The molecule has 0 aliphatic carbocycles. The molecule has 0 aromatic heterocycles. The summed E-state index contributed by atoms with van der Waals surface area (Å²) < 4.78 is 5.23. The van der Waals surface area contributed by atoms with Gasteiger partial charge in [0.25, 0.3) is 0 Å². The summed E-state index contributed by atoms with van der Waals surface area (Å²) in [5.41, 5.74) is 0.468. The summed E-state index contributed by atoms with van der Waals surface area (Å²) in [7, 11) is 0. The molecule has 0 spiro atoms. The van der Waals surface area contributed by atoms with Gasteiger partial charge in [0.1, 0.15) is 5.60 Å². The lowest BCUT2D eigenvalue weighted by Gasteiger charge is -2.22. The van der Waals surface area contributed by atoms with E-state index in [4.69, 9.17) is 9.84 Å². The first kappa shape index (κ1) is 17.8.